The van der Waals surface area contributed by atoms with Gasteiger partial charge in [0.2, 0.25) is 5.91 Å². The van der Waals surface area contributed by atoms with Crippen LogP contribution < -0.4 is 5.32 Å². The van der Waals surface area contributed by atoms with Crippen LogP contribution in [0.4, 0.5) is 5.82 Å². The van der Waals surface area contributed by atoms with Crippen LogP contribution in [0.1, 0.15) is 26.8 Å². The first-order valence-corrected chi connectivity index (χ1v) is 8.30. The number of hydrogen-bond donors (Lipinski definition) is 1. The van der Waals surface area contributed by atoms with Crippen molar-refractivity contribution in [3.05, 3.63) is 12.3 Å². The highest BCUT2D eigenvalue weighted by Crippen LogP contribution is 2.14. The van der Waals surface area contributed by atoms with E-state index in [0.717, 1.165) is 38.6 Å². The van der Waals surface area contributed by atoms with Gasteiger partial charge >= 0.3 is 0 Å². The molecular formula is C16H29N5O2. The third kappa shape index (κ3) is 5.02. The molecule has 0 unspecified atom stereocenters. The van der Waals surface area contributed by atoms with Crippen molar-refractivity contribution >= 4 is 11.7 Å². The second kappa shape index (κ2) is 8.42. The van der Waals surface area contributed by atoms with E-state index >= 15 is 0 Å². The fourth-order valence-corrected chi connectivity index (χ4v) is 2.97. The highest BCUT2D eigenvalue weighted by Gasteiger charge is 2.24. The lowest BCUT2D eigenvalue weighted by atomic mass is 10.2. The van der Waals surface area contributed by atoms with Gasteiger partial charge in [0.05, 0.1) is 19.3 Å². The number of carbonyl (C=O) groups is 1. The number of anilines is 1. The third-order valence-corrected chi connectivity index (χ3v) is 4.23. The summed E-state index contributed by atoms with van der Waals surface area (Å²) in [4.78, 5) is 16.9. The molecule has 0 saturated carbocycles. The van der Waals surface area contributed by atoms with E-state index in [1.807, 2.05) is 24.6 Å². The summed E-state index contributed by atoms with van der Waals surface area (Å²) in [6.45, 7) is 11.2. The fourth-order valence-electron chi connectivity index (χ4n) is 2.97. The van der Waals surface area contributed by atoms with E-state index in [9.17, 15) is 4.79 Å². The standard InChI is InChI=1S/C16H29N5O2/c1-13(2)21-15(5-6-17-21)18-16(22)12-19-7-8-20(9-10-23-4)14(3)11-19/h5-6,13-14H,7-12H2,1-4H3,(H,18,22)/t14-/m1/s1. The van der Waals surface area contributed by atoms with Crippen LogP contribution in [0, 0.1) is 0 Å². The minimum Gasteiger partial charge on any atom is -0.383 e. The Balaban J connectivity index is 1.81. The van der Waals surface area contributed by atoms with Gasteiger partial charge in [0.15, 0.2) is 0 Å². The molecule has 7 nitrogen and oxygen atoms in total. The molecule has 1 saturated heterocycles. The molecule has 0 spiro atoms. The Morgan fingerprint density at radius 2 is 2.26 bits per heavy atom. The number of piperazine rings is 1. The molecule has 0 radical (unpaired) electrons. The van der Waals surface area contributed by atoms with Gasteiger partial charge in [0.1, 0.15) is 5.82 Å². The van der Waals surface area contributed by atoms with Crippen molar-refractivity contribution in [1.82, 2.24) is 19.6 Å². The Kier molecular flexibility index (Phi) is 6.56. The summed E-state index contributed by atoms with van der Waals surface area (Å²) in [6.07, 6.45) is 1.71. The van der Waals surface area contributed by atoms with Crippen molar-refractivity contribution in [3.63, 3.8) is 0 Å². The number of nitrogens with one attached hydrogen (secondary N) is 1. The Labute approximate surface area is 138 Å². The summed E-state index contributed by atoms with van der Waals surface area (Å²) < 4.78 is 6.97. The second-order valence-corrected chi connectivity index (χ2v) is 6.42. The average molecular weight is 323 g/mol. The zero-order valence-electron chi connectivity index (χ0n) is 14.7. The molecule has 0 aromatic carbocycles. The molecule has 1 fully saturated rings. The normalized spacial score (nSPS) is 20.1. The van der Waals surface area contributed by atoms with Crippen LogP contribution in [0.5, 0.6) is 0 Å². The van der Waals surface area contributed by atoms with Crippen molar-refractivity contribution in [2.75, 3.05) is 51.8 Å². The number of ether oxygens (including phenoxy) is 1. The molecule has 0 bridgehead atoms. The number of methoxy groups -OCH3 is 1. The lowest BCUT2D eigenvalue weighted by Crippen LogP contribution is -2.54. The van der Waals surface area contributed by atoms with Gasteiger partial charge in [-0.25, -0.2) is 4.68 Å². The number of hydrogen-bond acceptors (Lipinski definition) is 5. The van der Waals surface area contributed by atoms with Crippen LogP contribution in [-0.2, 0) is 9.53 Å². The van der Waals surface area contributed by atoms with Crippen molar-refractivity contribution in [2.24, 2.45) is 0 Å². The molecule has 1 N–H and O–H groups in total. The molecular weight excluding hydrogens is 294 g/mol. The van der Waals surface area contributed by atoms with Crippen molar-refractivity contribution in [2.45, 2.75) is 32.9 Å². The highest BCUT2D eigenvalue weighted by atomic mass is 16.5. The molecule has 7 heteroatoms. The topological polar surface area (TPSA) is 62.6 Å². The fraction of sp³-hybridized carbons (Fsp3) is 0.750. The molecule has 2 rings (SSSR count). The highest BCUT2D eigenvalue weighted by molar-refractivity contribution is 5.91. The maximum Gasteiger partial charge on any atom is 0.239 e. The third-order valence-electron chi connectivity index (χ3n) is 4.23. The van der Waals surface area contributed by atoms with E-state index in [1.54, 1.807) is 13.3 Å². The van der Waals surface area contributed by atoms with Crippen molar-refractivity contribution in [3.8, 4) is 0 Å². The van der Waals surface area contributed by atoms with Gasteiger partial charge in [-0.2, -0.15) is 5.10 Å². The van der Waals surface area contributed by atoms with Crippen molar-refractivity contribution < 1.29 is 9.53 Å². The number of rotatable bonds is 7. The smallest absolute Gasteiger partial charge is 0.239 e. The SMILES string of the molecule is COCCN1CCN(CC(=O)Nc2ccnn2C(C)C)C[C@H]1C. The molecule has 1 aromatic rings. The van der Waals surface area contributed by atoms with E-state index in [-0.39, 0.29) is 11.9 Å². The van der Waals surface area contributed by atoms with Gasteiger partial charge in [-0.15, -0.1) is 0 Å². The summed E-state index contributed by atoms with van der Waals surface area (Å²) >= 11 is 0. The molecule has 130 valence electrons. The van der Waals surface area contributed by atoms with Crippen LogP contribution in [0.3, 0.4) is 0 Å². The van der Waals surface area contributed by atoms with E-state index < -0.39 is 0 Å². The lowest BCUT2D eigenvalue weighted by Gasteiger charge is -2.39. The predicted octanol–water partition coefficient (Wildman–Crippen LogP) is 1.06. The van der Waals surface area contributed by atoms with Crippen LogP contribution in [0.15, 0.2) is 12.3 Å². The zero-order valence-corrected chi connectivity index (χ0v) is 14.7. The largest absolute Gasteiger partial charge is 0.383 e. The number of amides is 1. The van der Waals surface area contributed by atoms with E-state index in [4.69, 9.17) is 4.74 Å². The zero-order chi connectivity index (χ0) is 16.8. The van der Waals surface area contributed by atoms with Crippen molar-refractivity contribution in [1.29, 1.82) is 0 Å². The second-order valence-electron chi connectivity index (χ2n) is 6.42. The van der Waals surface area contributed by atoms with Gasteiger partial charge in [-0.3, -0.25) is 14.6 Å². The summed E-state index contributed by atoms with van der Waals surface area (Å²) in [6, 6.07) is 2.50. The first kappa shape index (κ1) is 17.9. The first-order chi connectivity index (χ1) is 11.0. The summed E-state index contributed by atoms with van der Waals surface area (Å²) in [5.41, 5.74) is 0. The maximum atomic E-state index is 12.3. The summed E-state index contributed by atoms with van der Waals surface area (Å²) in [5.74, 6) is 0.779. The molecule has 1 amide bonds. The van der Waals surface area contributed by atoms with E-state index in [2.05, 4.69) is 27.1 Å². The van der Waals surface area contributed by atoms with Gasteiger partial charge in [-0.1, -0.05) is 0 Å². The van der Waals surface area contributed by atoms with Gasteiger partial charge in [-0.05, 0) is 20.8 Å². The number of carbonyl (C=O) groups excluding carboxylic acids is 1. The van der Waals surface area contributed by atoms with Crippen LogP contribution in [0.2, 0.25) is 0 Å². The molecule has 1 aliphatic rings. The Morgan fingerprint density at radius 1 is 1.48 bits per heavy atom. The van der Waals surface area contributed by atoms with Gasteiger partial charge < -0.3 is 10.1 Å². The average Bonchev–Trinajstić information content (AvgIpc) is 2.94. The molecule has 1 atom stereocenters. The maximum absolute atomic E-state index is 12.3. The number of aromatic nitrogens is 2. The Bertz CT molecular complexity index is 502. The molecule has 1 aromatic heterocycles. The lowest BCUT2D eigenvalue weighted by molar-refractivity contribution is -0.118. The van der Waals surface area contributed by atoms with Crippen LogP contribution in [-0.4, -0.2) is 78.0 Å². The molecule has 23 heavy (non-hydrogen) atoms. The summed E-state index contributed by atoms with van der Waals surface area (Å²) in [5, 5.41) is 7.20. The van der Waals surface area contributed by atoms with Gasteiger partial charge in [0, 0.05) is 51.4 Å². The predicted molar refractivity (Wildman–Crippen MR) is 90.6 cm³/mol. The molecule has 0 aliphatic carbocycles. The van der Waals surface area contributed by atoms with E-state index in [0.29, 0.717) is 12.6 Å². The monoisotopic (exact) mass is 323 g/mol. The molecule has 1 aliphatic heterocycles. The summed E-state index contributed by atoms with van der Waals surface area (Å²) in [7, 11) is 1.73. The van der Waals surface area contributed by atoms with Gasteiger partial charge in [0.25, 0.3) is 0 Å². The molecule has 2 heterocycles. The van der Waals surface area contributed by atoms with E-state index in [1.165, 1.54) is 0 Å². The first-order valence-electron chi connectivity index (χ1n) is 8.30. The van der Waals surface area contributed by atoms with Crippen LogP contribution in [0.25, 0.3) is 0 Å². The quantitative estimate of drug-likeness (QED) is 0.813. The number of nitrogens with zero attached hydrogens (tertiary/aromatic N) is 4. The Hall–Kier alpha value is -1.44. The minimum atomic E-state index is 0.0185. The van der Waals surface area contributed by atoms with Crippen LogP contribution >= 0.6 is 0 Å². The Morgan fingerprint density at radius 3 is 2.91 bits per heavy atom. The minimum absolute atomic E-state index is 0.0185.